The molecule has 1 aliphatic carbocycles. The van der Waals surface area contributed by atoms with Crippen molar-refractivity contribution >= 4 is 5.78 Å². The minimum absolute atomic E-state index is 0.116. The van der Waals surface area contributed by atoms with Gasteiger partial charge < -0.3 is 10.5 Å². The summed E-state index contributed by atoms with van der Waals surface area (Å²) in [5.41, 5.74) is 6.01. The molecule has 0 amide bonds. The van der Waals surface area contributed by atoms with Crippen LogP contribution in [0.1, 0.15) is 51.4 Å². The van der Waals surface area contributed by atoms with Crippen molar-refractivity contribution in [3.8, 4) is 0 Å². The first kappa shape index (κ1) is 12.1. The smallest absolute Gasteiger partial charge is 0.137 e. The lowest BCUT2D eigenvalue weighted by molar-refractivity contribution is -0.124. The van der Waals surface area contributed by atoms with Crippen LogP contribution in [0.3, 0.4) is 0 Å². The molecule has 0 aromatic heterocycles. The van der Waals surface area contributed by atoms with Crippen molar-refractivity contribution in [2.45, 2.75) is 63.5 Å². The summed E-state index contributed by atoms with van der Waals surface area (Å²) < 4.78 is 5.53. The third-order valence-corrected chi connectivity index (χ3v) is 3.97. The van der Waals surface area contributed by atoms with Crippen molar-refractivity contribution in [2.24, 2.45) is 11.7 Å². The molecule has 2 N–H and O–H groups in total. The van der Waals surface area contributed by atoms with Gasteiger partial charge in [0.1, 0.15) is 5.78 Å². The molecule has 2 rings (SSSR count). The number of carbonyl (C=O) groups is 1. The third kappa shape index (κ3) is 3.05. The fraction of sp³-hybridized carbons (Fsp3) is 0.923. The number of nitrogens with two attached hydrogens (primary N) is 1. The molecule has 0 spiro atoms. The van der Waals surface area contributed by atoms with Crippen LogP contribution in [0, 0.1) is 5.92 Å². The molecule has 1 saturated heterocycles. The van der Waals surface area contributed by atoms with Gasteiger partial charge in [-0.3, -0.25) is 4.79 Å². The summed E-state index contributed by atoms with van der Waals surface area (Å²) in [5.74, 6) is 0.512. The highest BCUT2D eigenvalue weighted by Crippen LogP contribution is 2.26. The van der Waals surface area contributed by atoms with Crippen LogP contribution in [0.2, 0.25) is 0 Å². The van der Waals surface area contributed by atoms with Crippen LogP contribution < -0.4 is 5.73 Å². The van der Waals surface area contributed by atoms with E-state index in [0.29, 0.717) is 18.3 Å². The van der Waals surface area contributed by atoms with Gasteiger partial charge in [0.2, 0.25) is 0 Å². The fourth-order valence-corrected chi connectivity index (χ4v) is 2.92. The summed E-state index contributed by atoms with van der Waals surface area (Å²) in [6.45, 7) is 0.877. The number of Topliss-reactive ketones (excluding diaryl/α,β-unsaturated/α-hetero) is 1. The molecule has 0 aromatic carbocycles. The van der Waals surface area contributed by atoms with E-state index in [0.717, 1.165) is 38.7 Å². The lowest BCUT2D eigenvalue weighted by Crippen LogP contribution is -2.38. The van der Waals surface area contributed by atoms with Crippen LogP contribution in [0.15, 0.2) is 0 Å². The number of hydrogen-bond acceptors (Lipinski definition) is 3. The zero-order chi connectivity index (χ0) is 11.4. The van der Waals surface area contributed by atoms with Crippen LogP contribution in [0.4, 0.5) is 0 Å². The minimum atomic E-state index is 0.116. The summed E-state index contributed by atoms with van der Waals surface area (Å²) in [6.07, 6.45) is 8.59. The van der Waals surface area contributed by atoms with Crippen molar-refractivity contribution in [3.63, 3.8) is 0 Å². The Hall–Kier alpha value is -0.410. The van der Waals surface area contributed by atoms with Gasteiger partial charge in [0, 0.05) is 25.0 Å². The van der Waals surface area contributed by atoms with Crippen LogP contribution in [-0.2, 0) is 9.53 Å². The second-order valence-corrected chi connectivity index (χ2v) is 5.19. The van der Waals surface area contributed by atoms with Gasteiger partial charge in [0.15, 0.2) is 0 Å². The second kappa shape index (κ2) is 5.78. The van der Waals surface area contributed by atoms with Crippen molar-refractivity contribution < 1.29 is 9.53 Å². The summed E-state index contributed by atoms with van der Waals surface area (Å²) in [5, 5.41) is 0. The van der Waals surface area contributed by atoms with E-state index in [-0.39, 0.29) is 12.0 Å². The number of ketones is 1. The van der Waals surface area contributed by atoms with Gasteiger partial charge in [-0.1, -0.05) is 12.8 Å². The molecule has 0 radical (unpaired) electrons. The molecule has 3 atom stereocenters. The Bertz CT molecular complexity index is 236. The fourth-order valence-electron chi connectivity index (χ4n) is 2.92. The average molecular weight is 225 g/mol. The molecule has 0 bridgehead atoms. The largest absolute Gasteiger partial charge is 0.378 e. The normalized spacial score (nSPS) is 35.2. The third-order valence-electron chi connectivity index (χ3n) is 3.97. The standard InChI is InChI=1S/C13H23NO2/c14-12-6-2-1-5-11(12)13(15)8-7-10-4-3-9-16-10/h10-12H,1-9,14H2. The Kier molecular flexibility index (Phi) is 4.36. The van der Waals surface area contributed by atoms with E-state index in [1.165, 1.54) is 12.8 Å². The zero-order valence-corrected chi connectivity index (χ0v) is 9.99. The Balaban J connectivity index is 1.73. The predicted octanol–water partition coefficient (Wildman–Crippen LogP) is 2.03. The molecule has 1 heterocycles. The van der Waals surface area contributed by atoms with E-state index >= 15 is 0 Å². The highest BCUT2D eigenvalue weighted by Gasteiger charge is 2.28. The first-order valence-corrected chi connectivity index (χ1v) is 6.67. The topological polar surface area (TPSA) is 52.3 Å². The first-order valence-electron chi connectivity index (χ1n) is 6.67. The summed E-state index contributed by atoms with van der Waals surface area (Å²) >= 11 is 0. The van der Waals surface area contributed by atoms with Gasteiger partial charge in [-0.25, -0.2) is 0 Å². The summed E-state index contributed by atoms with van der Waals surface area (Å²) in [6, 6.07) is 0.116. The molecule has 3 unspecified atom stereocenters. The molecule has 2 aliphatic rings. The maximum absolute atomic E-state index is 12.0. The predicted molar refractivity (Wildman–Crippen MR) is 63.1 cm³/mol. The van der Waals surface area contributed by atoms with Gasteiger partial charge in [-0.15, -0.1) is 0 Å². The van der Waals surface area contributed by atoms with Crippen molar-refractivity contribution in [1.82, 2.24) is 0 Å². The monoisotopic (exact) mass is 225 g/mol. The SMILES string of the molecule is NC1CCCCC1C(=O)CCC1CCCO1. The molecule has 1 saturated carbocycles. The van der Waals surface area contributed by atoms with Crippen LogP contribution in [0.25, 0.3) is 0 Å². The molecule has 3 nitrogen and oxygen atoms in total. The molecular weight excluding hydrogens is 202 g/mol. The van der Waals surface area contributed by atoms with Gasteiger partial charge in [0.05, 0.1) is 6.10 Å². The molecule has 92 valence electrons. The number of hydrogen-bond donors (Lipinski definition) is 1. The average Bonchev–Trinajstić information content (AvgIpc) is 2.79. The summed E-state index contributed by atoms with van der Waals surface area (Å²) in [7, 11) is 0. The van der Waals surface area contributed by atoms with E-state index in [9.17, 15) is 4.79 Å². The van der Waals surface area contributed by atoms with Crippen molar-refractivity contribution in [2.75, 3.05) is 6.61 Å². The van der Waals surface area contributed by atoms with E-state index < -0.39 is 0 Å². The number of ether oxygens (including phenoxy) is 1. The van der Waals surface area contributed by atoms with Gasteiger partial charge in [-0.2, -0.15) is 0 Å². The molecule has 3 heteroatoms. The quantitative estimate of drug-likeness (QED) is 0.796. The maximum atomic E-state index is 12.0. The Morgan fingerprint density at radius 1 is 1.19 bits per heavy atom. The molecule has 0 aromatic rings. The van der Waals surface area contributed by atoms with Gasteiger partial charge >= 0.3 is 0 Å². The van der Waals surface area contributed by atoms with Gasteiger partial charge in [-0.05, 0) is 32.1 Å². The van der Waals surface area contributed by atoms with Crippen molar-refractivity contribution in [1.29, 1.82) is 0 Å². The Labute approximate surface area is 97.7 Å². The van der Waals surface area contributed by atoms with E-state index in [2.05, 4.69) is 0 Å². The van der Waals surface area contributed by atoms with E-state index in [1.807, 2.05) is 0 Å². The van der Waals surface area contributed by atoms with Crippen LogP contribution in [-0.4, -0.2) is 24.5 Å². The van der Waals surface area contributed by atoms with E-state index in [1.54, 1.807) is 0 Å². The summed E-state index contributed by atoms with van der Waals surface area (Å²) in [4.78, 5) is 12.0. The van der Waals surface area contributed by atoms with Crippen LogP contribution in [0.5, 0.6) is 0 Å². The lowest BCUT2D eigenvalue weighted by Gasteiger charge is -2.27. The molecule has 2 fully saturated rings. The maximum Gasteiger partial charge on any atom is 0.137 e. The van der Waals surface area contributed by atoms with E-state index in [4.69, 9.17) is 10.5 Å². The molecule has 1 aliphatic heterocycles. The zero-order valence-electron chi connectivity index (χ0n) is 9.99. The first-order chi connectivity index (χ1) is 7.77. The molecular formula is C13H23NO2. The second-order valence-electron chi connectivity index (χ2n) is 5.19. The van der Waals surface area contributed by atoms with Gasteiger partial charge in [0.25, 0.3) is 0 Å². The lowest BCUT2D eigenvalue weighted by atomic mass is 9.81. The highest BCUT2D eigenvalue weighted by atomic mass is 16.5. The van der Waals surface area contributed by atoms with Crippen molar-refractivity contribution in [3.05, 3.63) is 0 Å². The van der Waals surface area contributed by atoms with Crippen LogP contribution >= 0.6 is 0 Å². The highest BCUT2D eigenvalue weighted by molar-refractivity contribution is 5.81. The molecule has 16 heavy (non-hydrogen) atoms. The number of carbonyl (C=O) groups excluding carboxylic acids is 1. The number of rotatable bonds is 4. The Morgan fingerprint density at radius 3 is 2.69 bits per heavy atom. The Morgan fingerprint density at radius 2 is 2.00 bits per heavy atom. The minimum Gasteiger partial charge on any atom is -0.378 e.